The zero-order valence-corrected chi connectivity index (χ0v) is 25.5. The molecule has 0 aliphatic rings. The van der Waals surface area contributed by atoms with Crippen LogP contribution in [0.1, 0.15) is 40.5 Å². The lowest BCUT2D eigenvalue weighted by molar-refractivity contribution is -0.397. The molecular weight excluding hydrogens is 614 g/mol. The highest BCUT2D eigenvalue weighted by molar-refractivity contribution is 5.92. The Kier molecular flexibility index (Phi) is 11.5. The second kappa shape index (κ2) is 15.1. The Labute approximate surface area is 260 Å². The van der Waals surface area contributed by atoms with Crippen molar-refractivity contribution < 1.29 is 30.0 Å². The summed E-state index contributed by atoms with van der Waals surface area (Å²) in [5.41, 5.74) is 1.15. The van der Waals surface area contributed by atoms with Crippen molar-refractivity contribution in [2.24, 2.45) is 10.3 Å². The summed E-state index contributed by atoms with van der Waals surface area (Å²) in [5, 5.41) is 63.4. The lowest BCUT2D eigenvalue weighted by Gasteiger charge is -2.32. The standard InChI is InChI=1S/C24H35N13O9/c1-23(2,18(29-38)5-10-32-12-7-25-20(32)35(40)41)28-15-17(16-34-14-9-27-22(34)37(44)45)46-31-24(3,4)19(30-39)6-11-33-13-8-26-21(33)36(42)43/h7-9,12-14,17,28,31,38-39H,5-6,10-11,15-16H2,1-4H3. The lowest BCUT2D eigenvalue weighted by Crippen LogP contribution is -2.54. The van der Waals surface area contributed by atoms with Gasteiger partial charge in [-0.1, -0.05) is 25.3 Å². The maximum Gasteiger partial charge on any atom is 0.434 e. The number of aromatic nitrogens is 6. The average molecular weight is 650 g/mol. The van der Waals surface area contributed by atoms with Gasteiger partial charge in [-0.05, 0) is 42.5 Å². The van der Waals surface area contributed by atoms with Gasteiger partial charge < -0.3 is 46.1 Å². The van der Waals surface area contributed by atoms with Crippen molar-refractivity contribution in [3.63, 3.8) is 0 Å². The monoisotopic (exact) mass is 649 g/mol. The highest BCUT2D eigenvalue weighted by Gasteiger charge is 2.32. The largest absolute Gasteiger partial charge is 0.434 e. The first-order chi connectivity index (χ1) is 21.7. The van der Waals surface area contributed by atoms with Crippen LogP contribution in [0, 0.1) is 30.3 Å². The third-order valence-corrected chi connectivity index (χ3v) is 7.09. The third-order valence-electron chi connectivity index (χ3n) is 7.09. The molecule has 1 atom stereocenters. The maximum atomic E-state index is 11.5. The Morgan fingerprint density at radius 2 is 1.22 bits per heavy atom. The molecule has 0 amide bonds. The molecule has 22 nitrogen and oxygen atoms in total. The number of nitrogens with one attached hydrogen (secondary N) is 2. The second-order valence-electron chi connectivity index (χ2n) is 11.1. The van der Waals surface area contributed by atoms with E-state index in [1.807, 2.05) is 0 Å². The average Bonchev–Trinajstić information content (AvgIpc) is 3.76. The number of nitro groups is 3. The van der Waals surface area contributed by atoms with Gasteiger partial charge in [0.25, 0.3) is 0 Å². The van der Waals surface area contributed by atoms with Gasteiger partial charge in [-0.3, -0.25) is 4.84 Å². The lowest BCUT2D eigenvalue weighted by atomic mass is 9.95. The van der Waals surface area contributed by atoms with Crippen molar-refractivity contribution in [1.29, 1.82) is 0 Å². The molecule has 22 heteroatoms. The third kappa shape index (κ3) is 8.86. The first kappa shape index (κ1) is 35.1. The van der Waals surface area contributed by atoms with Crippen molar-refractivity contribution in [3.05, 3.63) is 67.5 Å². The second-order valence-corrected chi connectivity index (χ2v) is 11.1. The molecule has 0 saturated carbocycles. The molecule has 0 aliphatic carbocycles. The topological polar surface area (TPSA) is 281 Å². The maximum absolute atomic E-state index is 11.5. The molecule has 0 aromatic carbocycles. The number of rotatable bonds is 19. The number of oxime groups is 2. The van der Waals surface area contributed by atoms with E-state index in [0.717, 1.165) is 0 Å². The number of aryl methyl sites for hydroxylation is 2. The minimum atomic E-state index is -1.13. The summed E-state index contributed by atoms with van der Waals surface area (Å²) >= 11 is 0. The smallest absolute Gasteiger partial charge is 0.411 e. The molecule has 0 bridgehead atoms. The van der Waals surface area contributed by atoms with Gasteiger partial charge in [-0.15, -0.1) is 0 Å². The normalized spacial score (nSPS) is 13.6. The van der Waals surface area contributed by atoms with Gasteiger partial charge in [0.15, 0.2) is 0 Å². The van der Waals surface area contributed by atoms with E-state index < -0.39 is 37.9 Å². The van der Waals surface area contributed by atoms with E-state index in [1.54, 1.807) is 27.7 Å². The molecule has 3 aromatic rings. The molecule has 250 valence electrons. The number of hydroxylamine groups is 1. The van der Waals surface area contributed by atoms with Crippen LogP contribution in [0.15, 0.2) is 47.5 Å². The molecule has 3 rings (SSSR count). The van der Waals surface area contributed by atoms with Crippen LogP contribution in [-0.4, -0.2) is 89.0 Å². The summed E-state index contributed by atoms with van der Waals surface area (Å²) in [5.74, 6) is -1.16. The van der Waals surface area contributed by atoms with Crippen LogP contribution < -0.4 is 10.8 Å². The minimum absolute atomic E-state index is 0.0302. The van der Waals surface area contributed by atoms with E-state index in [0.29, 0.717) is 0 Å². The van der Waals surface area contributed by atoms with Gasteiger partial charge in [0.05, 0.1) is 35.6 Å². The first-order valence-corrected chi connectivity index (χ1v) is 13.8. The molecule has 4 N–H and O–H groups in total. The Morgan fingerprint density at radius 1 is 0.804 bits per heavy atom. The van der Waals surface area contributed by atoms with Gasteiger partial charge in [-0.25, -0.2) is 13.7 Å². The van der Waals surface area contributed by atoms with E-state index in [2.05, 4.69) is 36.1 Å². The number of imidazole rings is 3. The highest BCUT2D eigenvalue weighted by Crippen LogP contribution is 2.17. The van der Waals surface area contributed by atoms with Gasteiger partial charge >= 0.3 is 17.8 Å². The fourth-order valence-corrected chi connectivity index (χ4v) is 4.46. The van der Waals surface area contributed by atoms with Crippen LogP contribution >= 0.6 is 0 Å². The van der Waals surface area contributed by atoms with E-state index in [-0.39, 0.29) is 62.3 Å². The van der Waals surface area contributed by atoms with Gasteiger partial charge in [0.1, 0.15) is 49.8 Å². The molecule has 0 radical (unpaired) electrons. The quantitative estimate of drug-likeness (QED) is 0.0624. The summed E-state index contributed by atoms with van der Waals surface area (Å²) in [6.45, 7) is 6.85. The molecule has 0 aliphatic heterocycles. The fourth-order valence-electron chi connectivity index (χ4n) is 4.46. The Morgan fingerprint density at radius 3 is 1.65 bits per heavy atom. The highest BCUT2D eigenvalue weighted by atomic mass is 16.7. The summed E-state index contributed by atoms with van der Waals surface area (Å²) in [6.07, 6.45) is 7.45. The molecule has 3 heterocycles. The number of hydrogen-bond donors (Lipinski definition) is 4. The SMILES string of the molecule is CC(C)(NCC(Cn1ccnc1[N+](=O)[O-])ONC(C)(C)C(CCn1ccnc1[N+](=O)[O-])=NO)C(CCn1ccnc1[N+](=O)[O-])=NO. The Balaban J connectivity index is 1.72. The molecule has 0 saturated heterocycles. The van der Waals surface area contributed by atoms with Crippen LogP contribution in [0.5, 0.6) is 0 Å². The van der Waals surface area contributed by atoms with Gasteiger partial charge in [0.2, 0.25) is 0 Å². The van der Waals surface area contributed by atoms with E-state index in [4.69, 9.17) is 4.84 Å². The van der Waals surface area contributed by atoms with Crippen molar-refractivity contribution in [3.8, 4) is 0 Å². The van der Waals surface area contributed by atoms with Gasteiger partial charge in [-0.2, -0.15) is 5.48 Å². The molecule has 0 spiro atoms. The van der Waals surface area contributed by atoms with E-state index in [1.165, 1.54) is 50.9 Å². The van der Waals surface area contributed by atoms with Crippen LogP contribution in [0.4, 0.5) is 17.8 Å². The molecule has 0 fully saturated rings. The van der Waals surface area contributed by atoms with Crippen molar-refractivity contribution in [2.45, 2.75) is 77.4 Å². The van der Waals surface area contributed by atoms with Crippen molar-refractivity contribution in [1.82, 2.24) is 39.5 Å². The molecular formula is C24H35N13O9. The summed E-state index contributed by atoms with van der Waals surface area (Å²) in [7, 11) is 0. The summed E-state index contributed by atoms with van der Waals surface area (Å²) in [4.78, 5) is 49.1. The predicted molar refractivity (Wildman–Crippen MR) is 158 cm³/mol. The van der Waals surface area contributed by atoms with Crippen molar-refractivity contribution >= 4 is 29.3 Å². The summed E-state index contributed by atoms with van der Waals surface area (Å²) in [6, 6.07) is 0. The predicted octanol–water partition coefficient (Wildman–Crippen LogP) is 1.88. The summed E-state index contributed by atoms with van der Waals surface area (Å²) < 4.78 is 3.87. The zero-order chi connectivity index (χ0) is 34.1. The zero-order valence-electron chi connectivity index (χ0n) is 25.5. The van der Waals surface area contributed by atoms with Crippen LogP contribution in [-0.2, 0) is 24.5 Å². The first-order valence-electron chi connectivity index (χ1n) is 13.8. The molecule has 3 aromatic heterocycles. The Hall–Kier alpha value is -5.35. The van der Waals surface area contributed by atoms with Crippen LogP contribution in [0.25, 0.3) is 0 Å². The van der Waals surface area contributed by atoms with Crippen LogP contribution in [0.2, 0.25) is 0 Å². The fraction of sp³-hybridized carbons (Fsp3) is 0.542. The van der Waals surface area contributed by atoms with Crippen molar-refractivity contribution in [2.75, 3.05) is 6.54 Å². The number of hydrogen-bond acceptors (Lipinski definition) is 16. The van der Waals surface area contributed by atoms with E-state index >= 15 is 0 Å². The molecule has 46 heavy (non-hydrogen) atoms. The van der Waals surface area contributed by atoms with Crippen LogP contribution in [0.3, 0.4) is 0 Å². The Bertz CT molecular complexity index is 1490. The van der Waals surface area contributed by atoms with Gasteiger partial charge in [0, 0.05) is 19.4 Å². The van der Waals surface area contributed by atoms with E-state index in [9.17, 15) is 40.8 Å². The minimum Gasteiger partial charge on any atom is -0.411 e. The number of nitrogens with zero attached hydrogens (tertiary/aromatic N) is 11. The molecule has 1 unspecified atom stereocenters.